The molecule has 4 atom stereocenters. The van der Waals surface area contributed by atoms with Crippen LogP contribution in [0.5, 0.6) is 0 Å². The molecular weight excluding hydrogens is 222 g/mol. The van der Waals surface area contributed by atoms with Gasteiger partial charge in [0.2, 0.25) is 5.91 Å². The number of hydrogen-bond acceptors (Lipinski definition) is 3. The second-order valence-electron chi connectivity index (χ2n) is 5.00. The molecule has 1 aliphatic carbocycles. The first-order valence-electron chi connectivity index (χ1n) is 6.26. The van der Waals surface area contributed by atoms with Crippen LogP contribution in [0.15, 0.2) is 0 Å². The van der Waals surface area contributed by atoms with Crippen molar-refractivity contribution in [1.82, 2.24) is 5.32 Å². The Bertz CT molecular complexity index is 318. The number of rotatable bonds is 3. The highest BCUT2D eigenvalue weighted by molar-refractivity contribution is 5.82. The van der Waals surface area contributed by atoms with E-state index < -0.39 is 11.9 Å². The van der Waals surface area contributed by atoms with Crippen molar-refractivity contribution in [3.05, 3.63) is 0 Å². The zero-order chi connectivity index (χ0) is 12.4. The number of hydrogen-bond donors (Lipinski definition) is 2. The van der Waals surface area contributed by atoms with E-state index >= 15 is 0 Å². The molecule has 1 saturated carbocycles. The summed E-state index contributed by atoms with van der Waals surface area (Å²) < 4.78 is 5.47. The minimum Gasteiger partial charge on any atom is -0.481 e. The minimum absolute atomic E-state index is 0.129. The van der Waals surface area contributed by atoms with Crippen molar-refractivity contribution >= 4 is 11.9 Å². The van der Waals surface area contributed by atoms with E-state index in [0.29, 0.717) is 6.42 Å². The third-order valence-electron chi connectivity index (χ3n) is 3.69. The minimum atomic E-state index is -0.812. The molecule has 0 aromatic rings. The molecule has 0 unspecified atom stereocenters. The van der Waals surface area contributed by atoms with E-state index in [1.807, 2.05) is 6.92 Å². The molecular formula is C12H19NO4. The Morgan fingerprint density at radius 3 is 2.59 bits per heavy atom. The molecule has 1 saturated heterocycles. The largest absolute Gasteiger partial charge is 0.481 e. The third-order valence-corrected chi connectivity index (χ3v) is 3.69. The van der Waals surface area contributed by atoms with Crippen molar-refractivity contribution in [2.24, 2.45) is 5.92 Å². The van der Waals surface area contributed by atoms with Gasteiger partial charge >= 0.3 is 5.97 Å². The van der Waals surface area contributed by atoms with Gasteiger partial charge in [-0.2, -0.15) is 0 Å². The number of nitrogens with one attached hydrogen (secondary N) is 1. The molecule has 1 heterocycles. The van der Waals surface area contributed by atoms with Gasteiger partial charge in [-0.1, -0.05) is 6.42 Å². The van der Waals surface area contributed by atoms with Crippen molar-refractivity contribution in [3.8, 4) is 0 Å². The van der Waals surface area contributed by atoms with Crippen LogP contribution in [0.25, 0.3) is 0 Å². The van der Waals surface area contributed by atoms with E-state index in [2.05, 4.69) is 5.32 Å². The maximum atomic E-state index is 11.9. The number of carbonyl (C=O) groups excluding carboxylic acids is 1. The van der Waals surface area contributed by atoms with Gasteiger partial charge in [-0.3, -0.25) is 9.59 Å². The number of carbonyl (C=O) groups is 2. The van der Waals surface area contributed by atoms with Crippen LogP contribution in [0, 0.1) is 5.92 Å². The molecule has 2 N–H and O–H groups in total. The first-order chi connectivity index (χ1) is 8.08. The summed E-state index contributed by atoms with van der Waals surface area (Å²) in [6, 6.07) is -0.223. The molecule has 0 radical (unpaired) electrons. The maximum absolute atomic E-state index is 11.9. The Morgan fingerprint density at radius 2 is 2.00 bits per heavy atom. The average Bonchev–Trinajstić information content (AvgIpc) is 2.86. The molecule has 5 nitrogen and oxygen atoms in total. The maximum Gasteiger partial charge on any atom is 0.308 e. The Hall–Kier alpha value is -1.10. The summed E-state index contributed by atoms with van der Waals surface area (Å²) in [4.78, 5) is 22.9. The van der Waals surface area contributed by atoms with Crippen LogP contribution in [0.4, 0.5) is 0 Å². The fourth-order valence-electron chi connectivity index (χ4n) is 2.70. The second-order valence-corrected chi connectivity index (χ2v) is 5.00. The van der Waals surface area contributed by atoms with Crippen LogP contribution in [0.1, 0.15) is 39.0 Å². The lowest BCUT2D eigenvalue weighted by Gasteiger charge is -2.20. The molecule has 2 rings (SSSR count). The Kier molecular flexibility index (Phi) is 3.66. The smallest absolute Gasteiger partial charge is 0.308 e. The number of aliphatic carboxylic acids is 1. The number of carboxylic acid groups (broad SMARTS) is 1. The quantitative estimate of drug-likeness (QED) is 0.770. The predicted octanol–water partition coefficient (Wildman–Crippen LogP) is 0.923. The molecule has 0 aromatic heterocycles. The van der Waals surface area contributed by atoms with Gasteiger partial charge in [-0.25, -0.2) is 0 Å². The van der Waals surface area contributed by atoms with E-state index in [4.69, 9.17) is 9.84 Å². The zero-order valence-corrected chi connectivity index (χ0v) is 10.0. The topological polar surface area (TPSA) is 75.6 Å². The first kappa shape index (κ1) is 12.4. The van der Waals surface area contributed by atoms with Crippen LogP contribution >= 0.6 is 0 Å². The highest BCUT2D eigenvalue weighted by Crippen LogP contribution is 2.27. The van der Waals surface area contributed by atoms with Gasteiger partial charge in [0.15, 0.2) is 0 Å². The molecule has 0 spiro atoms. The summed E-state index contributed by atoms with van der Waals surface area (Å²) in [5.74, 6) is -1.39. The van der Waals surface area contributed by atoms with E-state index in [1.54, 1.807) is 0 Å². The van der Waals surface area contributed by atoms with E-state index in [9.17, 15) is 9.59 Å². The molecule has 0 aromatic carbocycles. The summed E-state index contributed by atoms with van der Waals surface area (Å²) in [7, 11) is 0. The van der Waals surface area contributed by atoms with Gasteiger partial charge in [0.05, 0.1) is 12.0 Å². The SMILES string of the molecule is C[C@@H]1CC[C@H](C(=O)N[C@@H]2CCC[C@H]2C(=O)O)O1. The van der Waals surface area contributed by atoms with Gasteiger partial charge in [0.1, 0.15) is 6.10 Å². The standard InChI is InChI=1S/C12H19NO4/c1-7-5-6-10(17-7)11(14)13-9-4-2-3-8(9)12(15)16/h7-10H,2-6H2,1H3,(H,13,14)(H,15,16)/t7-,8-,9-,10-/m1/s1. The fourth-order valence-corrected chi connectivity index (χ4v) is 2.70. The summed E-state index contributed by atoms with van der Waals surface area (Å²) in [6.45, 7) is 1.95. The summed E-state index contributed by atoms with van der Waals surface area (Å²) in [5.41, 5.74) is 0. The first-order valence-corrected chi connectivity index (χ1v) is 6.26. The highest BCUT2D eigenvalue weighted by atomic mass is 16.5. The molecule has 0 bridgehead atoms. The van der Waals surface area contributed by atoms with E-state index in [-0.39, 0.29) is 24.2 Å². The zero-order valence-electron chi connectivity index (χ0n) is 10.0. The lowest BCUT2D eigenvalue weighted by atomic mass is 10.0. The Balaban J connectivity index is 1.88. The lowest BCUT2D eigenvalue weighted by molar-refractivity contribution is -0.142. The number of ether oxygens (including phenoxy) is 1. The van der Waals surface area contributed by atoms with Crippen molar-refractivity contribution in [3.63, 3.8) is 0 Å². The van der Waals surface area contributed by atoms with Crippen molar-refractivity contribution in [1.29, 1.82) is 0 Å². The van der Waals surface area contributed by atoms with Gasteiger partial charge in [0, 0.05) is 6.04 Å². The molecule has 2 aliphatic rings. The molecule has 5 heteroatoms. The van der Waals surface area contributed by atoms with E-state index in [0.717, 1.165) is 25.7 Å². The molecule has 1 aliphatic heterocycles. The van der Waals surface area contributed by atoms with Crippen LogP contribution in [-0.2, 0) is 14.3 Å². The summed E-state index contributed by atoms with van der Waals surface area (Å²) >= 11 is 0. The lowest BCUT2D eigenvalue weighted by Crippen LogP contribution is -2.44. The van der Waals surface area contributed by atoms with Gasteiger partial charge in [0.25, 0.3) is 0 Å². The van der Waals surface area contributed by atoms with Crippen LogP contribution in [-0.4, -0.2) is 35.2 Å². The van der Waals surface area contributed by atoms with Crippen molar-refractivity contribution in [2.75, 3.05) is 0 Å². The summed E-state index contributed by atoms with van der Waals surface area (Å²) in [5, 5.41) is 11.8. The monoisotopic (exact) mass is 241 g/mol. The predicted molar refractivity (Wildman–Crippen MR) is 60.5 cm³/mol. The van der Waals surface area contributed by atoms with Gasteiger partial charge < -0.3 is 15.2 Å². The van der Waals surface area contributed by atoms with Crippen molar-refractivity contribution in [2.45, 2.75) is 57.3 Å². The molecule has 1 amide bonds. The van der Waals surface area contributed by atoms with Crippen LogP contribution < -0.4 is 5.32 Å². The number of amides is 1. The Morgan fingerprint density at radius 1 is 1.24 bits per heavy atom. The summed E-state index contributed by atoms with van der Waals surface area (Å²) in [6.07, 6.45) is 3.64. The van der Waals surface area contributed by atoms with Crippen LogP contribution in [0.2, 0.25) is 0 Å². The normalized spacial score (nSPS) is 37.0. The highest BCUT2D eigenvalue weighted by Gasteiger charge is 2.36. The molecule has 96 valence electrons. The van der Waals surface area contributed by atoms with E-state index in [1.165, 1.54) is 0 Å². The fraction of sp³-hybridized carbons (Fsp3) is 0.833. The molecule has 2 fully saturated rings. The average molecular weight is 241 g/mol. The van der Waals surface area contributed by atoms with Gasteiger partial charge in [-0.05, 0) is 32.6 Å². The van der Waals surface area contributed by atoms with Crippen LogP contribution in [0.3, 0.4) is 0 Å². The Labute approximate surface area is 101 Å². The molecule has 17 heavy (non-hydrogen) atoms. The second kappa shape index (κ2) is 5.04. The third kappa shape index (κ3) is 2.77. The number of carboxylic acids is 1. The van der Waals surface area contributed by atoms with Crippen molar-refractivity contribution < 1.29 is 19.4 Å². The van der Waals surface area contributed by atoms with Gasteiger partial charge in [-0.15, -0.1) is 0 Å².